The van der Waals surface area contributed by atoms with Crippen molar-refractivity contribution in [3.63, 3.8) is 0 Å². The molecule has 0 bridgehead atoms. The lowest BCUT2D eigenvalue weighted by atomic mass is 10.1. The molecule has 1 aliphatic heterocycles. The van der Waals surface area contributed by atoms with Crippen molar-refractivity contribution in [2.24, 2.45) is 0 Å². The molecular weight excluding hydrogens is 472 g/mol. The van der Waals surface area contributed by atoms with Gasteiger partial charge in [0, 0.05) is 5.57 Å². The number of carbonyl (C=O) groups is 5. The Labute approximate surface area is 206 Å². The molecule has 1 atom stereocenters. The average molecular weight is 496 g/mol. The van der Waals surface area contributed by atoms with Gasteiger partial charge in [0.1, 0.15) is 19.3 Å². The van der Waals surface area contributed by atoms with E-state index in [1.54, 1.807) is 31.2 Å². The zero-order valence-corrected chi connectivity index (χ0v) is 19.7. The Bertz CT molecular complexity index is 1210. The summed E-state index contributed by atoms with van der Waals surface area (Å²) in [6.07, 6.45) is -0.797. The minimum atomic E-state index is -0.831. The van der Waals surface area contributed by atoms with Crippen molar-refractivity contribution < 1.29 is 47.7 Å². The van der Waals surface area contributed by atoms with Crippen LogP contribution in [0.1, 0.15) is 60.8 Å². The van der Waals surface area contributed by atoms with Crippen LogP contribution >= 0.6 is 0 Å². The number of cyclic esters (lactones) is 2. The maximum absolute atomic E-state index is 12.6. The summed E-state index contributed by atoms with van der Waals surface area (Å²) in [5.41, 5.74) is 1.25. The van der Waals surface area contributed by atoms with Crippen molar-refractivity contribution >= 4 is 29.8 Å². The van der Waals surface area contributed by atoms with Crippen LogP contribution in [0.2, 0.25) is 0 Å². The van der Waals surface area contributed by atoms with Crippen molar-refractivity contribution in [2.45, 2.75) is 26.6 Å². The number of ether oxygens (including phenoxy) is 5. The third-order valence-corrected chi connectivity index (χ3v) is 4.94. The second-order valence-corrected chi connectivity index (χ2v) is 7.88. The van der Waals surface area contributed by atoms with Crippen LogP contribution in [0.3, 0.4) is 0 Å². The molecule has 0 radical (unpaired) electrons. The molecule has 10 nitrogen and oxygen atoms in total. The Hall–Kier alpha value is -4.31. The van der Waals surface area contributed by atoms with Gasteiger partial charge in [-0.2, -0.15) is 0 Å². The molecule has 0 fully saturated rings. The summed E-state index contributed by atoms with van der Waals surface area (Å²) < 4.78 is 25.5. The summed E-state index contributed by atoms with van der Waals surface area (Å²) in [7, 11) is 0. The van der Waals surface area contributed by atoms with Crippen LogP contribution in [-0.4, -0.2) is 55.8 Å². The van der Waals surface area contributed by atoms with E-state index in [2.05, 4.69) is 11.3 Å². The predicted octanol–water partition coefficient (Wildman–Crippen LogP) is 3.04. The summed E-state index contributed by atoms with van der Waals surface area (Å²) in [6, 6.07) is 10.6. The van der Waals surface area contributed by atoms with Crippen molar-refractivity contribution in [3.8, 4) is 0 Å². The molecule has 0 N–H and O–H groups in total. The van der Waals surface area contributed by atoms with Gasteiger partial charge in [0.2, 0.25) is 0 Å². The summed E-state index contributed by atoms with van der Waals surface area (Å²) >= 11 is 0. The smallest absolute Gasteiger partial charge is 0.346 e. The molecule has 0 saturated carbocycles. The molecular formula is C26H24O10. The first-order chi connectivity index (χ1) is 17.2. The highest BCUT2D eigenvalue weighted by Gasteiger charge is 2.30. The first kappa shape index (κ1) is 26.3. The van der Waals surface area contributed by atoms with E-state index in [9.17, 15) is 24.0 Å². The number of fused-ring (bicyclic) bond motifs is 1. The van der Waals surface area contributed by atoms with E-state index >= 15 is 0 Å². The number of benzene rings is 2. The fourth-order valence-corrected chi connectivity index (χ4v) is 3.11. The molecule has 2 aromatic rings. The van der Waals surface area contributed by atoms with Crippen LogP contribution in [0, 0.1) is 0 Å². The summed E-state index contributed by atoms with van der Waals surface area (Å²) in [4.78, 5) is 59.6. The first-order valence-electron chi connectivity index (χ1n) is 10.9. The second kappa shape index (κ2) is 11.9. The Morgan fingerprint density at radius 2 is 1.67 bits per heavy atom. The zero-order chi connectivity index (χ0) is 26.2. The molecule has 3 rings (SSSR count). The number of hydrogen-bond acceptors (Lipinski definition) is 10. The number of rotatable bonds is 11. The maximum atomic E-state index is 12.6. The third kappa shape index (κ3) is 6.63. The summed E-state index contributed by atoms with van der Waals surface area (Å²) in [6.45, 7) is 6.61. The Morgan fingerprint density at radius 3 is 2.42 bits per heavy atom. The minimum absolute atomic E-state index is 0.0127. The highest BCUT2D eigenvalue weighted by Crippen LogP contribution is 2.22. The molecule has 36 heavy (non-hydrogen) atoms. The molecule has 1 unspecified atom stereocenters. The van der Waals surface area contributed by atoms with Crippen molar-refractivity contribution in [3.05, 3.63) is 82.4 Å². The van der Waals surface area contributed by atoms with Crippen LogP contribution in [0.15, 0.2) is 54.6 Å². The molecule has 0 saturated heterocycles. The molecule has 1 aliphatic rings. The van der Waals surface area contributed by atoms with E-state index in [-0.39, 0.29) is 54.3 Å². The van der Waals surface area contributed by atoms with E-state index < -0.39 is 36.0 Å². The van der Waals surface area contributed by atoms with Crippen molar-refractivity contribution in [2.75, 3.05) is 19.8 Å². The highest BCUT2D eigenvalue weighted by molar-refractivity contribution is 6.15. The van der Waals surface area contributed by atoms with E-state index in [1.165, 1.54) is 25.1 Å². The van der Waals surface area contributed by atoms with E-state index in [0.29, 0.717) is 5.56 Å². The highest BCUT2D eigenvalue weighted by atomic mass is 16.6. The van der Waals surface area contributed by atoms with Crippen molar-refractivity contribution in [1.29, 1.82) is 0 Å². The van der Waals surface area contributed by atoms with Gasteiger partial charge in [-0.05, 0) is 43.7 Å². The van der Waals surface area contributed by atoms with Gasteiger partial charge in [0.15, 0.2) is 0 Å². The average Bonchev–Trinajstić information content (AvgIpc) is 3.14. The predicted molar refractivity (Wildman–Crippen MR) is 123 cm³/mol. The lowest BCUT2D eigenvalue weighted by Gasteiger charge is -2.15. The summed E-state index contributed by atoms with van der Waals surface area (Å²) in [5, 5.41) is 0. The quantitative estimate of drug-likeness (QED) is 0.150. The summed E-state index contributed by atoms with van der Waals surface area (Å²) in [5.74, 6) is -3.50. The number of hydrogen-bond donors (Lipinski definition) is 0. The Kier molecular flexibility index (Phi) is 8.69. The Balaban J connectivity index is 1.49. The molecule has 10 heteroatoms. The van der Waals surface area contributed by atoms with Gasteiger partial charge in [-0.15, -0.1) is 0 Å². The van der Waals surface area contributed by atoms with E-state index in [1.807, 2.05) is 0 Å². The molecule has 0 aromatic heterocycles. The van der Waals surface area contributed by atoms with Gasteiger partial charge in [0.25, 0.3) is 0 Å². The van der Waals surface area contributed by atoms with Gasteiger partial charge < -0.3 is 23.7 Å². The molecule has 1 heterocycles. The first-order valence-corrected chi connectivity index (χ1v) is 10.9. The molecule has 0 amide bonds. The zero-order valence-electron chi connectivity index (χ0n) is 19.7. The maximum Gasteiger partial charge on any atom is 0.346 e. The third-order valence-electron chi connectivity index (χ3n) is 4.94. The monoisotopic (exact) mass is 496 g/mol. The molecule has 188 valence electrons. The van der Waals surface area contributed by atoms with Gasteiger partial charge in [-0.25, -0.2) is 24.0 Å². The standard InChI is InChI=1S/C26H24O10/c1-15(2)22(27)33-11-10-32-14-18-6-4-5-7-19(18)24(29)34-13-16(3)35-23(28)17-8-9-20-21(12-17)26(31)36-25(20)30/h4-9,12,16H,1,10-11,13-14H2,2-3H3. The topological polar surface area (TPSA) is 132 Å². The van der Waals surface area contributed by atoms with Crippen LogP contribution in [0.25, 0.3) is 0 Å². The normalized spacial score (nSPS) is 12.8. The van der Waals surface area contributed by atoms with Crippen LogP contribution in [0.5, 0.6) is 0 Å². The molecule has 2 aromatic carbocycles. The molecule has 0 aliphatic carbocycles. The van der Waals surface area contributed by atoms with Gasteiger partial charge in [0.05, 0.1) is 35.5 Å². The van der Waals surface area contributed by atoms with Crippen LogP contribution < -0.4 is 0 Å². The van der Waals surface area contributed by atoms with Gasteiger partial charge in [-0.3, -0.25) is 0 Å². The minimum Gasteiger partial charge on any atom is -0.460 e. The van der Waals surface area contributed by atoms with E-state index in [0.717, 1.165) is 0 Å². The fraction of sp³-hybridized carbons (Fsp3) is 0.269. The fourth-order valence-electron chi connectivity index (χ4n) is 3.11. The van der Waals surface area contributed by atoms with Gasteiger partial charge >= 0.3 is 29.8 Å². The number of carbonyl (C=O) groups excluding carboxylic acids is 5. The molecule has 0 spiro atoms. The van der Waals surface area contributed by atoms with Crippen LogP contribution in [-0.2, 0) is 35.1 Å². The lowest BCUT2D eigenvalue weighted by Crippen LogP contribution is -2.23. The van der Waals surface area contributed by atoms with Crippen molar-refractivity contribution in [1.82, 2.24) is 0 Å². The van der Waals surface area contributed by atoms with Gasteiger partial charge in [-0.1, -0.05) is 24.8 Å². The lowest BCUT2D eigenvalue weighted by molar-refractivity contribution is -0.140. The number of esters is 5. The van der Waals surface area contributed by atoms with Crippen LogP contribution in [0.4, 0.5) is 0 Å². The SMILES string of the molecule is C=C(C)C(=O)OCCOCc1ccccc1C(=O)OCC(C)OC(=O)c1ccc2c(c1)C(=O)OC2=O. The Morgan fingerprint density at radius 1 is 0.944 bits per heavy atom. The largest absolute Gasteiger partial charge is 0.460 e. The van der Waals surface area contributed by atoms with E-state index in [4.69, 9.17) is 18.9 Å². The second-order valence-electron chi connectivity index (χ2n) is 7.88.